The molecule has 0 radical (unpaired) electrons. The Morgan fingerprint density at radius 2 is 1.72 bits per heavy atom. The Morgan fingerprint density at radius 3 is 2.36 bits per heavy atom. The first-order valence-corrected chi connectivity index (χ1v) is 8.44. The van der Waals surface area contributed by atoms with E-state index in [1.807, 2.05) is 30.3 Å². The van der Waals surface area contributed by atoms with E-state index in [0.717, 1.165) is 4.90 Å². The Morgan fingerprint density at radius 1 is 1.12 bits per heavy atom. The average Bonchev–Trinajstić information content (AvgIpc) is 2.55. The maximum absolute atomic E-state index is 12.5. The third-order valence-electron chi connectivity index (χ3n) is 3.39. The van der Waals surface area contributed by atoms with E-state index in [4.69, 9.17) is 0 Å². The zero-order valence-electron chi connectivity index (χ0n) is 13.8. The molecule has 134 valence electrons. The molecule has 0 aliphatic rings. The predicted octanol–water partition coefficient (Wildman–Crippen LogP) is 4.72. The van der Waals surface area contributed by atoms with E-state index >= 15 is 0 Å². The van der Waals surface area contributed by atoms with Gasteiger partial charge in [0, 0.05) is 24.1 Å². The lowest BCUT2D eigenvalue weighted by Gasteiger charge is -2.22. The summed E-state index contributed by atoms with van der Waals surface area (Å²) < 4.78 is 41.5. The maximum Gasteiger partial charge on any atom is 0.573 e. The summed E-state index contributed by atoms with van der Waals surface area (Å²) in [6.07, 6.45) is -4.77. The Kier molecular flexibility index (Phi) is 6.36. The molecule has 1 atom stereocenters. The molecule has 3 nitrogen and oxygen atoms in total. The molecule has 0 bridgehead atoms. The molecule has 2 rings (SSSR count). The van der Waals surface area contributed by atoms with E-state index in [-0.39, 0.29) is 23.5 Å². The summed E-state index contributed by atoms with van der Waals surface area (Å²) in [4.78, 5) is 14.8. The minimum atomic E-state index is -4.77. The van der Waals surface area contributed by atoms with Gasteiger partial charge in [-0.3, -0.25) is 4.79 Å². The first-order valence-electron chi connectivity index (χ1n) is 7.56. The van der Waals surface area contributed by atoms with Gasteiger partial charge in [-0.1, -0.05) is 36.4 Å². The molecule has 0 aliphatic carbocycles. The Labute approximate surface area is 148 Å². The van der Waals surface area contributed by atoms with Gasteiger partial charge in [0.1, 0.15) is 5.75 Å². The van der Waals surface area contributed by atoms with Crippen LogP contribution in [0.3, 0.4) is 0 Å². The zero-order chi connectivity index (χ0) is 18.4. The van der Waals surface area contributed by atoms with E-state index in [9.17, 15) is 18.0 Å². The molecular weight excluding hydrogens is 351 g/mol. The topological polar surface area (TPSA) is 29.5 Å². The summed E-state index contributed by atoms with van der Waals surface area (Å²) in [5, 5.41) is -0.358. The fourth-order valence-corrected chi connectivity index (χ4v) is 3.26. The molecule has 0 saturated heterocycles. The van der Waals surface area contributed by atoms with E-state index in [2.05, 4.69) is 4.74 Å². The number of carbonyl (C=O) groups excluding carboxylic acids is 1. The van der Waals surface area contributed by atoms with Crippen molar-refractivity contribution in [2.75, 3.05) is 7.05 Å². The van der Waals surface area contributed by atoms with Crippen LogP contribution in [0.4, 0.5) is 13.2 Å². The number of rotatable bonds is 6. The van der Waals surface area contributed by atoms with E-state index in [1.54, 1.807) is 20.0 Å². The number of halogens is 3. The van der Waals surface area contributed by atoms with Crippen LogP contribution in [0.15, 0.2) is 59.5 Å². The summed E-state index contributed by atoms with van der Waals surface area (Å²) in [6, 6.07) is 15.3. The number of thioether (sulfide) groups is 1. The van der Waals surface area contributed by atoms with Gasteiger partial charge in [0.2, 0.25) is 5.91 Å². The molecule has 0 fully saturated rings. The summed E-state index contributed by atoms with van der Waals surface area (Å²) >= 11 is 1.40. The summed E-state index contributed by atoms with van der Waals surface area (Å²) in [5.41, 5.74) is 0.299. The van der Waals surface area contributed by atoms with Crippen molar-refractivity contribution in [3.8, 4) is 5.75 Å². The number of para-hydroxylation sites is 1. The second-order valence-electron chi connectivity index (χ2n) is 5.42. The van der Waals surface area contributed by atoms with Crippen molar-refractivity contribution >= 4 is 17.7 Å². The normalized spacial score (nSPS) is 12.5. The quantitative estimate of drug-likeness (QED) is 0.690. The van der Waals surface area contributed by atoms with Gasteiger partial charge in [0.05, 0.1) is 5.25 Å². The van der Waals surface area contributed by atoms with Crippen molar-refractivity contribution in [2.24, 2.45) is 0 Å². The van der Waals surface area contributed by atoms with Gasteiger partial charge >= 0.3 is 6.36 Å². The number of ether oxygens (including phenoxy) is 1. The zero-order valence-corrected chi connectivity index (χ0v) is 14.6. The van der Waals surface area contributed by atoms with Gasteiger partial charge in [-0.25, -0.2) is 0 Å². The Balaban J connectivity index is 2.04. The van der Waals surface area contributed by atoms with Gasteiger partial charge in [-0.2, -0.15) is 0 Å². The minimum Gasteiger partial charge on any atom is -0.405 e. The number of benzene rings is 2. The monoisotopic (exact) mass is 369 g/mol. The summed E-state index contributed by atoms with van der Waals surface area (Å²) in [6.45, 7) is 1.80. The molecule has 0 spiro atoms. The number of hydrogen-bond donors (Lipinski definition) is 0. The van der Waals surface area contributed by atoms with Crippen molar-refractivity contribution < 1.29 is 22.7 Å². The van der Waals surface area contributed by atoms with Crippen LogP contribution in [0.1, 0.15) is 12.5 Å². The van der Waals surface area contributed by atoms with Gasteiger partial charge in [0.25, 0.3) is 0 Å². The molecule has 25 heavy (non-hydrogen) atoms. The number of carbonyl (C=O) groups is 1. The lowest BCUT2D eigenvalue weighted by Crippen LogP contribution is -2.33. The highest BCUT2D eigenvalue weighted by molar-refractivity contribution is 8.00. The molecule has 0 heterocycles. The van der Waals surface area contributed by atoms with Crippen molar-refractivity contribution in [3.05, 3.63) is 60.2 Å². The largest absolute Gasteiger partial charge is 0.573 e. The second kappa shape index (κ2) is 8.29. The smallest absolute Gasteiger partial charge is 0.405 e. The predicted molar refractivity (Wildman–Crippen MR) is 91.4 cm³/mol. The van der Waals surface area contributed by atoms with Crippen molar-refractivity contribution in [1.82, 2.24) is 4.90 Å². The van der Waals surface area contributed by atoms with Crippen LogP contribution in [0, 0.1) is 0 Å². The van der Waals surface area contributed by atoms with E-state index in [1.165, 1.54) is 34.9 Å². The highest BCUT2D eigenvalue weighted by Crippen LogP contribution is 2.28. The fraction of sp³-hybridized carbons (Fsp3) is 0.278. The third kappa shape index (κ3) is 6.01. The van der Waals surface area contributed by atoms with Crippen molar-refractivity contribution in [2.45, 2.75) is 30.0 Å². The molecule has 1 unspecified atom stereocenters. The number of amides is 1. The molecule has 0 aliphatic heterocycles. The van der Waals surface area contributed by atoms with Crippen LogP contribution >= 0.6 is 11.8 Å². The number of nitrogens with zero attached hydrogens (tertiary/aromatic N) is 1. The van der Waals surface area contributed by atoms with Crippen LogP contribution in [-0.2, 0) is 11.3 Å². The molecular formula is C18H18F3NO2S. The van der Waals surface area contributed by atoms with E-state index < -0.39 is 6.36 Å². The molecule has 1 amide bonds. The standard InChI is InChI=1S/C18H18F3NO2S/c1-13(25-15-9-4-3-5-10-15)17(23)22(2)12-14-8-6-7-11-16(14)24-18(19,20)21/h3-11,13H,12H2,1-2H3. The first kappa shape index (κ1) is 19.2. The fourth-order valence-electron chi connectivity index (χ4n) is 2.26. The Hall–Kier alpha value is -2.15. The molecule has 2 aromatic carbocycles. The van der Waals surface area contributed by atoms with Crippen molar-refractivity contribution in [1.29, 1.82) is 0 Å². The highest BCUT2D eigenvalue weighted by Gasteiger charge is 2.32. The van der Waals surface area contributed by atoms with Gasteiger partial charge in [-0.15, -0.1) is 24.9 Å². The second-order valence-corrected chi connectivity index (χ2v) is 6.84. The minimum absolute atomic E-state index is 0.0325. The van der Waals surface area contributed by atoms with Crippen LogP contribution in [0.25, 0.3) is 0 Å². The van der Waals surface area contributed by atoms with Crippen LogP contribution in [0.2, 0.25) is 0 Å². The van der Waals surface area contributed by atoms with Crippen LogP contribution in [0.5, 0.6) is 5.75 Å². The summed E-state index contributed by atoms with van der Waals surface area (Å²) in [7, 11) is 1.56. The lowest BCUT2D eigenvalue weighted by atomic mass is 10.2. The molecule has 7 heteroatoms. The Bertz CT molecular complexity index is 707. The number of hydrogen-bond acceptors (Lipinski definition) is 3. The van der Waals surface area contributed by atoms with Gasteiger partial charge in [-0.05, 0) is 25.1 Å². The SMILES string of the molecule is CC(Sc1ccccc1)C(=O)N(C)Cc1ccccc1OC(F)(F)F. The maximum atomic E-state index is 12.5. The first-order chi connectivity index (χ1) is 11.8. The summed E-state index contributed by atoms with van der Waals surface area (Å²) in [5.74, 6) is -0.464. The molecule has 0 saturated carbocycles. The average molecular weight is 369 g/mol. The molecule has 0 aromatic heterocycles. The highest BCUT2D eigenvalue weighted by atomic mass is 32.2. The van der Waals surface area contributed by atoms with Crippen molar-refractivity contribution in [3.63, 3.8) is 0 Å². The number of alkyl halides is 3. The van der Waals surface area contributed by atoms with Crippen LogP contribution < -0.4 is 4.74 Å². The third-order valence-corrected chi connectivity index (χ3v) is 4.49. The van der Waals surface area contributed by atoms with Gasteiger partial charge in [0.15, 0.2) is 0 Å². The van der Waals surface area contributed by atoms with E-state index in [0.29, 0.717) is 5.56 Å². The lowest BCUT2D eigenvalue weighted by molar-refractivity contribution is -0.275. The molecule has 2 aromatic rings. The van der Waals surface area contributed by atoms with Gasteiger partial charge < -0.3 is 9.64 Å². The van der Waals surface area contributed by atoms with Crippen LogP contribution in [-0.4, -0.2) is 29.5 Å². The molecule has 0 N–H and O–H groups in total.